The Kier molecular flexibility index (Phi) is 3.88. The number of carboxylic acid groups (broad SMARTS) is 1. The van der Waals surface area contributed by atoms with E-state index in [0.717, 1.165) is 17.2 Å². The number of carbonyl (C=O) groups is 1. The van der Waals surface area contributed by atoms with Crippen molar-refractivity contribution in [3.8, 4) is 5.75 Å². The molecule has 21 heavy (non-hydrogen) atoms. The van der Waals surface area contributed by atoms with E-state index in [1.807, 2.05) is 35.7 Å². The number of hydrogen-bond acceptors (Lipinski definition) is 3. The normalized spacial score (nSPS) is 10.7. The fourth-order valence-corrected chi connectivity index (χ4v) is 2.92. The minimum Gasteiger partial charge on any atom is -0.492 e. The summed E-state index contributed by atoms with van der Waals surface area (Å²) in [5.74, 6) is -0.539. The van der Waals surface area contributed by atoms with Crippen molar-refractivity contribution in [2.24, 2.45) is 0 Å². The third-order valence-corrected chi connectivity index (χ3v) is 4.04. The summed E-state index contributed by atoms with van der Waals surface area (Å²) >= 11 is 1.65. The average molecular weight is 298 g/mol. The van der Waals surface area contributed by atoms with Gasteiger partial charge < -0.3 is 9.84 Å². The molecule has 0 bridgehead atoms. The Morgan fingerprint density at radius 3 is 2.57 bits per heavy atom. The number of hydrogen-bond donors (Lipinski definition) is 1. The zero-order valence-electron chi connectivity index (χ0n) is 11.3. The van der Waals surface area contributed by atoms with Gasteiger partial charge in [0.2, 0.25) is 0 Å². The van der Waals surface area contributed by atoms with Gasteiger partial charge in [0.1, 0.15) is 11.3 Å². The van der Waals surface area contributed by atoms with Gasteiger partial charge >= 0.3 is 5.97 Å². The van der Waals surface area contributed by atoms with Crippen LogP contribution in [0.5, 0.6) is 5.75 Å². The lowest BCUT2D eigenvalue weighted by atomic mass is 10.1. The first-order chi connectivity index (χ1) is 10.2. The maximum absolute atomic E-state index is 11.4. The largest absolute Gasteiger partial charge is 0.492 e. The summed E-state index contributed by atoms with van der Waals surface area (Å²) in [6.07, 6.45) is 0.773. The van der Waals surface area contributed by atoms with E-state index >= 15 is 0 Å². The standard InChI is InChI=1S/C17H14O3S/c18-17(19)15-9-13-3-1-2-4-14(13)10-16(15)20-7-5-12-6-8-21-11-12/h1-4,6,8-11H,5,7H2,(H,18,19). The first kappa shape index (κ1) is 13.6. The number of carboxylic acids is 1. The van der Waals surface area contributed by atoms with Crippen molar-refractivity contribution < 1.29 is 14.6 Å². The second-order valence-corrected chi connectivity index (χ2v) is 5.51. The van der Waals surface area contributed by atoms with Gasteiger partial charge in [-0.05, 0) is 45.3 Å². The van der Waals surface area contributed by atoms with Crippen molar-refractivity contribution >= 4 is 28.1 Å². The molecule has 0 saturated heterocycles. The van der Waals surface area contributed by atoms with E-state index in [2.05, 4.69) is 5.38 Å². The third kappa shape index (κ3) is 3.06. The predicted molar refractivity (Wildman–Crippen MR) is 84.4 cm³/mol. The Morgan fingerprint density at radius 1 is 1.14 bits per heavy atom. The Hall–Kier alpha value is -2.33. The minimum absolute atomic E-state index is 0.207. The Morgan fingerprint density at radius 2 is 1.90 bits per heavy atom. The Bertz CT molecular complexity index is 763. The van der Waals surface area contributed by atoms with Gasteiger partial charge in [-0.15, -0.1) is 0 Å². The number of thiophene rings is 1. The molecule has 0 aliphatic carbocycles. The van der Waals surface area contributed by atoms with Crippen LogP contribution in [0.1, 0.15) is 15.9 Å². The molecule has 1 N–H and O–H groups in total. The maximum atomic E-state index is 11.4. The van der Waals surface area contributed by atoms with Crippen LogP contribution in [0.2, 0.25) is 0 Å². The summed E-state index contributed by atoms with van der Waals surface area (Å²) in [7, 11) is 0. The van der Waals surface area contributed by atoms with Gasteiger partial charge in [0, 0.05) is 6.42 Å². The maximum Gasteiger partial charge on any atom is 0.339 e. The fraction of sp³-hybridized carbons (Fsp3) is 0.118. The van der Waals surface area contributed by atoms with E-state index in [4.69, 9.17) is 4.74 Å². The Balaban J connectivity index is 1.85. The number of ether oxygens (including phenoxy) is 1. The van der Waals surface area contributed by atoms with E-state index in [0.29, 0.717) is 12.4 Å². The summed E-state index contributed by atoms with van der Waals surface area (Å²) in [6.45, 7) is 0.468. The van der Waals surface area contributed by atoms with Gasteiger partial charge in [-0.2, -0.15) is 11.3 Å². The van der Waals surface area contributed by atoms with E-state index in [9.17, 15) is 9.90 Å². The molecule has 0 radical (unpaired) electrons. The molecule has 0 saturated carbocycles. The molecule has 2 aromatic carbocycles. The van der Waals surface area contributed by atoms with Crippen molar-refractivity contribution in [2.45, 2.75) is 6.42 Å². The highest BCUT2D eigenvalue weighted by Gasteiger charge is 2.13. The molecule has 3 nitrogen and oxygen atoms in total. The number of benzene rings is 2. The first-order valence-electron chi connectivity index (χ1n) is 6.64. The molecule has 0 spiro atoms. The van der Waals surface area contributed by atoms with Gasteiger partial charge in [0.05, 0.1) is 6.61 Å². The highest BCUT2D eigenvalue weighted by molar-refractivity contribution is 7.07. The van der Waals surface area contributed by atoms with Crippen molar-refractivity contribution in [2.75, 3.05) is 6.61 Å². The van der Waals surface area contributed by atoms with Crippen molar-refractivity contribution in [1.29, 1.82) is 0 Å². The molecule has 0 amide bonds. The van der Waals surface area contributed by atoms with Crippen LogP contribution >= 0.6 is 11.3 Å². The average Bonchev–Trinajstić information content (AvgIpc) is 2.99. The lowest BCUT2D eigenvalue weighted by Gasteiger charge is -2.10. The number of fused-ring (bicyclic) bond motifs is 1. The molecule has 106 valence electrons. The molecular formula is C17H14O3S. The zero-order valence-corrected chi connectivity index (χ0v) is 12.1. The van der Waals surface area contributed by atoms with Crippen molar-refractivity contribution in [3.05, 3.63) is 64.4 Å². The summed E-state index contributed by atoms with van der Waals surface area (Å²) in [6, 6.07) is 13.2. The highest BCUT2D eigenvalue weighted by atomic mass is 32.1. The number of aromatic carboxylic acids is 1. The molecular weight excluding hydrogens is 284 g/mol. The summed E-state index contributed by atoms with van der Waals surface area (Å²) < 4.78 is 5.70. The van der Waals surface area contributed by atoms with E-state index < -0.39 is 5.97 Å². The van der Waals surface area contributed by atoms with Crippen LogP contribution in [0, 0.1) is 0 Å². The highest BCUT2D eigenvalue weighted by Crippen LogP contribution is 2.26. The first-order valence-corrected chi connectivity index (χ1v) is 7.58. The molecule has 1 aromatic heterocycles. The van der Waals surface area contributed by atoms with Gasteiger partial charge in [-0.25, -0.2) is 4.79 Å². The van der Waals surface area contributed by atoms with Crippen LogP contribution in [0.25, 0.3) is 10.8 Å². The fourth-order valence-electron chi connectivity index (χ4n) is 2.22. The summed E-state index contributed by atoms with van der Waals surface area (Å²) in [4.78, 5) is 11.4. The topological polar surface area (TPSA) is 46.5 Å². The summed E-state index contributed by atoms with van der Waals surface area (Å²) in [5, 5.41) is 15.3. The monoisotopic (exact) mass is 298 g/mol. The van der Waals surface area contributed by atoms with Gasteiger partial charge in [0.15, 0.2) is 0 Å². The van der Waals surface area contributed by atoms with Crippen LogP contribution in [0.4, 0.5) is 0 Å². The zero-order chi connectivity index (χ0) is 14.7. The predicted octanol–water partition coefficient (Wildman–Crippen LogP) is 4.22. The molecule has 0 fully saturated rings. The van der Waals surface area contributed by atoms with Gasteiger partial charge in [0.25, 0.3) is 0 Å². The second kappa shape index (κ2) is 5.97. The molecule has 0 unspecified atom stereocenters. The minimum atomic E-state index is -0.966. The van der Waals surface area contributed by atoms with Crippen LogP contribution in [-0.2, 0) is 6.42 Å². The molecule has 1 heterocycles. The van der Waals surface area contributed by atoms with Crippen LogP contribution < -0.4 is 4.74 Å². The molecule has 3 rings (SSSR count). The smallest absolute Gasteiger partial charge is 0.339 e. The van der Waals surface area contributed by atoms with Crippen LogP contribution in [0.3, 0.4) is 0 Å². The summed E-state index contributed by atoms with van der Waals surface area (Å²) in [5.41, 5.74) is 1.41. The van der Waals surface area contributed by atoms with Crippen molar-refractivity contribution in [1.82, 2.24) is 0 Å². The lowest BCUT2D eigenvalue weighted by Crippen LogP contribution is -2.06. The second-order valence-electron chi connectivity index (χ2n) is 4.73. The third-order valence-electron chi connectivity index (χ3n) is 3.31. The van der Waals surface area contributed by atoms with Gasteiger partial charge in [-0.1, -0.05) is 24.3 Å². The number of rotatable bonds is 5. The molecule has 3 aromatic rings. The van der Waals surface area contributed by atoms with Crippen molar-refractivity contribution in [3.63, 3.8) is 0 Å². The lowest BCUT2D eigenvalue weighted by molar-refractivity contribution is 0.0692. The quantitative estimate of drug-likeness (QED) is 0.767. The Labute approximate surface area is 126 Å². The van der Waals surface area contributed by atoms with E-state index in [-0.39, 0.29) is 5.56 Å². The van der Waals surface area contributed by atoms with Gasteiger partial charge in [-0.3, -0.25) is 0 Å². The molecule has 4 heteroatoms. The SMILES string of the molecule is O=C(O)c1cc2ccccc2cc1OCCc1ccsc1. The molecule has 0 aliphatic rings. The molecule has 0 atom stereocenters. The van der Waals surface area contributed by atoms with E-state index in [1.165, 1.54) is 5.56 Å². The van der Waals surface area contributed by atoms with E-state index in [1.54, 1.807) is 23.5 Å². The van der Waals surface area contributed by atoms with Crippen LogP contribution in [-0.4, -0.2) is 17.7 Å². The van der Waals surface area contributed by atoms with Crippen LogP contribution in [0.15, 0.2) is 53.2 Å². The molecule has 0 aliphatic heterocycles.